The Hall–Kier alpha value is -2.49. The van der Waals surface area contributed by atoms with E-state index in [2.05, 4.69) is 23.5 Å². The van der Waals surface area contributed by atoms with Crippen molar-refractivity contribution in [3.63, 3.8) is 0 Å². The number of amides is 3. The highest BCUT2D eigenvalue weighted by Crippen LogP contribution is 1.96. The van der Waals surface area contributed by atoms with Gasteiger partial charge in [0.2, 0.25) is 17.7 Å². The molecule has 0 aliphatic heterocycles. The molecule has 0 saturated carbocycles. The van der Waals surface area contributed by atoms with E-state index in [4.69, 9.17) is 17.9 Å². The average Bonchev–Trinajstić information content (AvgIpc) is 2.28. The van der Waals surface area contributed by atoms with Crippen LogP contribution in [0, 0.1) is 12.3 Å². The molecule has 0 aromatic carbocycles. The van der Waals surface area contributed by atoms with Crippen LogP contribution in [0.25, 0.3) is 0 Å². The van der Waals surface area contributed by atoms with Crippen LogP contribution >= 0.6 is 0 Å². The van der Waals surface area contributed by atoms with E-state index in [0.717, 1.165) is 0 Å². The van der Waals surface area contributed by atoms with Gasteiger partial charge in [-0.1, -0.05) is 6.58 Å². The van der Waals surface area contributed by atoms with Crippen LogP contribution in [0.5, 0.6) is 0 Å². The second kappa shape index (κ2) is 12.0. The molecule has 19 heavy (non-hydrogen) atoms. The zero-order valence-corrected chi connectivity index (χ0v) is 10.7. The number of rotatable bonds is 7. The van der Waals surface area contributed by atoms with Crippen LogP contribution in [-0.2, 0) is 14.4 Å². The highest BCUT2D eigenvalue weighted by Gasteiger charge is 2.16. The lowest BCUT2D eigenvalue weighted by Crippen LogP contribution is -2.44. The van der Waals surface area contributed by atoms with Crippen molar-refractivity contribution in [2.45, 2.75) is 31.7 Å². The van der Waals surface area contributed by atoms with Crippen LogP contribution in [0.15, 0.2) is 12.8 Å². The van der Waals surface area contributed by atoms with Gasteiger partial charge in [0.15, 0.2) is 0 Å². The van der Waals surface area contributed by atoms with E-state index < -0.39 is 17.9 Å². The molecule has 0 aromatic rings. The maximum absolute atomic E-state index is 11.3. The van der Waals surface area contributed by atoms with Gasteiger partial charge in [-0.15, -0.1) is 12.3 Å². The molecule has 106 valence electrons. The summed E-state index contributed by atoms with van der Waals surface area (Å²) in [6.45, 7) is 3.14. The molecule has 1 atom stereocenters. The molecule has 0 radical (unpaired) electrons. The predicted molar refractivity (Wildman–Crippen MR) is 72.0 cm³/mol. The van der Waals surface area contributed by atoms with Gasteiger partial charge in [-0.25, -0.2) is 0 Å². The number of terminal acetylenes is 1. The second-order valence-corrected chi connectivity index (χ2v) is 3.49. The molecule has 7 N–H and O–H groups in total. The lowest BCUT2D eigenvalue weighted by atomic mass is 10.1. The van der Waals surface area contributed by atoms with Gasteiger partial charge in [0, 0.05) is 19.3 Å². The first-order valence-electron chi connectivity index (χ1n) is 5.52. The molecule has 1 unspecified atom stereocenters. The van der Waals surface area contributed by atoms with Crippen molar-refractivity contribution in [2.24, 2.45) is 17.2 Å². The fraction of sp³-hybridized carbons (Fsp3) is 0.417. The Balaban J connectivity index is 0. The van der Waals surface area contributed by atoms with Crippen molar-refractivity contribution in [3.05, 3.63) is 12.8 Å². The van der Waals surface area contributed by atoms with Crippen molar-refractivity contribution in [1.82, 2.24) is 5.32 Å². The number of hydrogen-bond donors (Lipinski definition) is 4. The highest BCUT2D eigenvalue weighted by molar-refractivity contribution is 5.87. The Morgan fingerprint density at radius 1 is 1.32 bits per heavy atom. The molecule has 7 heteroatoms. The van der Waals surface area contributed by atoms with E-state index in [0.29, 0.717) is 6.42 Å². The summed E-state index contributed by atoms with van der Waals surface area (Å²) in [6, 6.07) is -0.855. The number of nitrogens with two attached hydrogens (primary N) is 3. The Morgan fingerprint density at radius 2 is 1.84 bits per heavy atom. The van der Waals surface area contributed by atoms with E-state index in [1.165, 1.54) is 6.20 Å². The third kappa shape index (κ3) is 13.4. The molecular weight excluding hydrogens is 248 g/mol. The summed E-state index contributed by atoms with van der Waals surface area (Å²) >= 11 is 0. The highest BCUT2D eigenvalue weighted by atomic mass is 16.2. The van der Waals surface area contributed by atoms with Crippen LogP contribution in [-0.4, -0.2) is 23.8 Å². The van der Waals surface area contributed by atoms with Crippen LogP contribution in [0.4, 0.5) is 0 Å². The summed E-state index contributed by atoms with van der Waals surface area (Å²) < 4.78 is 0. The second-order valence-electron chi connectivity index (χ2n) is 3.49. The molecule has 0 spiro atoms. The first-order valence-corrected chi connectivity index (χ1v) is 5.52. The molecule has 0 aromatic heterocycles. The summed E-state index contributed by atoms with van der Waals surface area (Å²) in [5, 5.41) is 2.38. The molecule has 7 nitrogen and oxygen atoms in total. The first-order chi connectivity index (χ1) is 8.88. The van der Waals surface area contributed by atoms with E-state index in [1.54, 1.807) is 0 Å². The lowest BCUT2D eigenvalue weighted by Gasteiger charge is -2.12. The molecule has 3 amide bonds. The molecule has 0 bridgehead atoms. The van der Waals surface area contributed by atoms with E-state index in [1.807, 2.05) is 0 Å². The van der Waals surface area contributed by atoms with Gasteiger partial charge in [0.1, 0.15) is 6.04 Å². The van der Waals surface area contributed by atoms with Gasteiger partial charge in [0.25, 0.3) is 0 Å². The normalized spacial score (nSPS) is 10.1. The van der Waals surface area contributed by atoms with Crippen molar-refractivity contribution in [1.29, 1.82) is 0 Å². The number of nitrogens with one attached hydrogen (secondary N) is 1. The summed E-state index contributed by atoms with van der Waals surface area (Å²) in [5.74, 6) is 0.715. The monoisotopic (exact) mass is 268 g/mol. The molecule has 0 heterocycles. The fourth-order valence-corrected chi connectivity index (χ4v) is 1.03. The minimum atomic E-state index is -0.855. The summed E-state index contributed by atoms with van der Waals surface area (Å²) in [6.07, 6.45) is 6.89. The smallest absolute Gasteiger partial charge is 0.240 e. The van der Waals surface area contributed by atoms with Crippen molar-refractivity contribution >= 4 is 17.7 Å². The fourth-order valence-electron chi connectivity index (χ4n) is 1.03. The number of primary amides is 2. The van der Waals surface area contributed by atoms with E-state index >= 15 is 0 Å². The zero-order valence-electron chi connectivity index (χ0n) is 10.7. The summed E-state index contributed by atoms with van der Waals surface area (Å²) in [4.78, 5) is 32.5. The Bertz CT molecular complexity index is 360. The van der Waals surface area contributed by atoms with E-state index in [9.17, 15) is 14.4 Å². The number of carbonyl (C=O) groups excluding carboxylic acids is 3. The Labute approximate surface area is 112 Å². The van der Waals surface area contributed by atoms with Gasteiger partial charge in [-0.3, -0.25) is 14.4 Å². The van der Waals surface area contributed by atoms with Crippen molar-refractivity contribution in [2.75, 3.05) is 0 Å². The van der Waals surface area contributed by atoms with Gasteiger partial charge < -0.3 is 22.5 Å². The van der Waals surface area contributed by atoms with Crippen LogP contribution in [0.3, 0.4) is 0 Å². The molecular formula is C12H20N4O3. The SMILES string of the molecule is C#CCC(NC(=O)CCCC(N)=O)C(N)=O.C=CN. The van der Waals surface area contributed by atoms with Gasteiger partial charge in [0.05, 0.1) is 0 Å². The molecule has 0 saturated heterocycles. The van der Waals surface area contributed by atoms with Gasteiger partial charge in [-0.05, 0) is 12.6 Å². The minimum Gasteiger partial charge on any atom is -0.405 e. The zero-order chi connectivity index (χ0) is 15.3. The maximum Gasteiger partial charge on any atom is 0.240 e. The van der Waals surface area contributed by atoms with Gasteiger partial charge in [-0.2, -0.15) is 0 Å². The summed E-state index contributed by atoms with van der Waals surface area (Å²) in [7, 11) is 0. The minimum absolute atomic E-state index is 0.0525. The first kappa shape index (κ1) is 18.9. The number of carbonyl (C=O) groups is 3. The third-order valence-electron chi connectivity index (χ3n) is 1.83. The molecule has 0 aliphatic rings. The molecule has 0 rings (SSSR count). The largest absolute Gasteiger partial charge is 0.405 e. The van der Waals surface area contributed by atoms with Crippen LogP contribution in [0.2, 0.25) is 0 Å². The molecule has 0 aliphatic carbocycles. The van der Waals surface area contributed by atoms with Gasteiger partial charge >= 0.3 is 0 Å². The Kier molecular flexibility index (Phi) is 11.9. The average molecular weight is 268 g/mol. The van der Waals surface area contributed by atoms with E-state index in [-0.39, 0.29) is 25.2 Å². The maximum atomic E-state index is 11.3. The standard InChI is InChI=1S/C10H15N3O3.C2H5N/c1-2-4-7(10(12)16)13-9(15)6-3-5-8(11)14;1-2-3/h1,7H,3-6H2,(H2,11,14)(H2,12,16)(H,13,15);2H,1,3H2. The predicted octanol–water partition coefficient (Wildman–Crippen LogP) is -1.28. The van der Waals surface area contributed by atoms with Crippen LogP contribution < -0.4 is 22.5 Å². The number of hydrogen-bond acceptors (Lipinski definition) is 4. The topological polar surface area (TPSA) is 141 Å². The lowest BCUT2D eigenvalue weighted by molar-refractivity contribution is -0.127. The Morgan fingerprint density at radius 3 is 2.21 bits per heavy atom. The summed E-state index contributed by atoms with van der Waals surface area (Å²) in [5.41, 5.74) is 14.5. The quantitative estimate of drug-likeness (QED) is 0.427. The van der Waals surface area contributed by atoms with Crippen molar-refractivity contribution in [3.8, 4) is 12.3 Å². The molecule has 0 fully saturated rings. The van der Waals surface area contributed by atoms with Crippen LogP contribution in [0.1, 0.15) is 25.7 Å². The van der Waals surface area contributed by atoms with Crippen molar-refractivity contribution < 1.29 is 14.4 Å². The third-order valence-corrected chi connectivity index (χ3v) is 1.83.